The van der Waals surface area contributed by atoms with Gasteiger partial charge in [-0.2, -0.15) is 0 Å². The third-order valence-electron chi connectivity index (χ3n) is 4.60. The van der Waals surface area contributed by atoms with E-state index in [0.717, 1.165) is 32.1 Å². The highest BCUT2D eigenvalue weighted by molar-refractivity contribution is 5.99. The number of nitrogens with one attached hydrogen (secondary N) is 1. The predicted octanol–water partition coefficient (Wildman–Crippen LogP) is 1.37. The fourth-order valence-corrected chi connectivity index (χ4v) is 3.44. The maximum atomic E-state index is 12.7. The van der Waals surface area contributed by atoms with Crippen molar-refractivity contribution in [3.8, 4) is 0 Å². The molecule has 1 saturated carbocycles. The summed E-state index contributed by atoms with van der Waals surface area (Å²) >= 11 is 0. The Bertz CT molecular complexity index is 618. The van der Waals surface area contributed by atoms with Crippen LogP contribution in [-0.2, 0) is 4.79 Å². The van der Waals surface area contributed by atoms with E-state index in [1.807, 2.05) is 0 Å². The predicted molar refractivity (Wildman–Crippen MR) is 79.7 cm³/mol. The molecule has 1 spiro atoms. The lowest BCUT2D eigenvalue weighted by molar-refractivity contribution is -0.120. The van der Waals surface area contributed by atoms with E-state index < -0.39 is 11.4 Å². The van der Waals surface area contributed by atoms with E-state index in [0.29, 0.717) is 17.5 Å². The first-order valence-electron chi connectivity index (χ1n) is 7.56. The molecule has 0 unspecified atom stereocenters. The molecule has 116 valence electrons. The highest BCUT2D eigenvalue weighted by Crippen LogP contribution is 2.39. The van der Waals surface area contributed by atoms with Gasteiger partial charge in [0.2, 0.25) is 11.8 Å². The third-order valence-corrected chi connectivity index (χ3v) is 4.60. The van der Waals surface area contributed by atoms with Crippen LogP contribution in [0.3, 0.4) is 0 Å². The second-order valence-corrected chi connectivity index (χ2v) is 6.08. The number of amides is 3. The molecule has 3 rings (SSSR count). The number of benzene rings is 1. The van der Waals surface area contributed by atoms with E-state index in [2.05, 4.69) is 5.43 Å². The van der Waals surface area contributed by atoms with Gasteiger partial charge in [-0.3, -0.25) is 19.8 Å². The van der Waals surface area contributed by atoms with Crippen LogP contribution in [0.1, 0.15) is 59.2 Å². The summed E-state index contributed by atoms with van der Waals surface area (Å²) in [7, 11) is 0. The lowest BCUT2D eigenvalue weighted by Gasteiger charge is -2.39. The van der Waals surface area contributed by atoms with Crippen LogP contribution in [-0.4, -0.2) is 28.3 Å². The van der Waals surface area contributed by atoms with Crippen LogP contribution >= 0.6 is 0 Å². The number of hydrazine groups is 1. The standard InChI is InChI=1S/C16H19N3O3/c17-14(21)11-4-6-12(7-5-11)15(22)19-16(10-13(20)18-19)8-2-1-3-9-16/h4-7H,1-3,8-10H2,(H2,17,21)(H,18,20). The first-order valence-corrected chi connectivity index (χ1v) is 7.56. The van der Waals surface area contributed by atoms with Crippen LogP contribution in [0.25, 0.3) is 0 Å². The molecule has 1 saturated heterocycles. The van der Waals surface area contributed by atoms with Gasteiger partial charge in [-0.1, -0.05) is 19.3 Å². The molecule has 3 N–H and O–H groups in total. The first-order chi connectivity index (χ1) is 10.5. The first kappa shape index (κ1) is 14.6. The van der Waals surface area contributed by atoms with Gasteiger partial charge in [-0.15, -0.1) is 0 Å². The third kappa shape index (κ3) is 2.45. The molecule has 6 heteroatoms. The maximum absolute atomic E-state index is 12.7. The maximum Gasteiger partial charge on any atom is 0.272 e. The summed E-state index contributed by atoms with van der Waals surface area (Å²) < 4.78 is 0. The van der Waals surface area contributed by atoms with Crippen LogP contribution in [0.5, 0.6) is 0 Å². The number of carbonyl (C=O) groups is 3. The van der Waals surface area contributed by atoms with Crippen LogP contribution in [0.4, 0.5) is 0 Å². The topological polar surface area (TPSA) is 92.5 Å². The van der Waals surface area contributed by atoms with Crippen molar-refractivity contribution in [3.05, 3.63) is 35.4 Å². The summed E-state index contributed by atoms with van der Waals surface area (Å²) in [5, 5.41) is 1.51. The van der Waals surface area contributed by atoms with Crippen molar-refractivity contribution in [1.29, 1.82) is 0 Å². The fraction of sp³-hybridized carbons (Fsp3) is 0.438. The molecule has 0 atom stereocenters. The van der Waals surface area contributed by atoms with E-state index in [1.54, 1.807) is 12.1 Å². The van der Waals surface area contributed by atoms with Crippen LogP contribution in [0.2, 0.25) is 0 Å². The van der Waals surface area contributed by atoms with E-state index >= 15 is 0 Å². The lowest BCUT2D eigenvalue weighted by Crippen LogP contribution is -2.52. The van der Waals surface area contributed by atoms with Crippen molar-refractivity contribution in [2.24, 2.45) is 5.73 Å². The Morgan fingerprint density at radius 2 is 1.64 bits per heavy atom. The number of primary amides is 1. The quantitative estimate of drug-likeness (QED) is 0.864. The largest absolute Gasteiger partial charge is 0.366 e. The summed E-state index contributed by atoms with van der Waals surface area (Å²) in [6, 6.07) is 6.20. The molecule has 6 nitrogen and oxygen atoms in total. The molecular weight excluding hydrogens is 282 g/mol. The molecule has 22 heavy (non-hydrogen) atoms. The Kier molecular flexibility index (Phi) is 3.60. The van der Waals surface area contributed by atoms with Gasteiger partial charge in [0.25, 0.3) is 5.91 Å². The number of nitrogens with zero attached hydrogens (tertiary/aromatic N) is 1. The zero-order chi connectivity index (χ0) is 15.7. The van der Waals surface area contributed by atoms with Crippen molar-refractivity contribution < 1.29 is 14.4 Å². The van der Waals surface area contributed by atoms with Crippen LogP contribution in [0, 0.1) is 0 Å². The number of carbonyl (C=O) groups excluding carboxylic acids is 3. The molecular formula is C16H19N3O3. The summed E-state index contributed by atoms with van der Waals surface area (Å²) in [5.41, 5.74) is 8.31. The van der Waals surface area contributed by atoms with E-state index in [1.165, 1.54) is 17.1 Å². The molecule has 2 aliphatic rings. The molecule has 0 radical (unpaired) electrons. The Morgan fingerprint density at radius 3 is 2.23 bits per heavy atom. The number of hydrogen-bond acceptors (Lipinski definition) is 3. The van der Waals surface area contributed by atoms with E-state index in [4.69, 9.17) is 5.73 Å². The molecule has 1 aromatic rings. The summed E-state index contributed by atoms with van der Waals surface area (Å²) in [6.45, 7) is 0. The zero-order valence-electron chi connectivity index (χ0n) is 12.3. The average molecular weight is 301 g/mol. The molecule has 1 aliphatic heterocycles. The van der Waals surface area contributed by atoms with Gasteiger partial charge in [0.05, 0.1) is 12.0 Å². The van der Waals surface area contributed by atoms with Crippen molar-refractivity contribution in [1.82, 2.24) is 10.4 Å². The minimum absolute atomic E-state index is 0.107. The highest BCUT2D eigenvalue weighted by atomic mass is 16.2. The Labute approximate surface area is 128 Å². The monoisotopic (exact) mass is 301 g/mol. The molecule has 1 heterocycles. The average Bonchev–Trinajstić information content (AvgIpc) is 2.83. The number of hydrogen-bond donors (Lipinski definition) is 2. The van der Waals surface area contributed by atoms with Crippen LogP contribution in [0.15, 0.2) is 24.3 Å². The van der Waals surface area contributed by atoms with Gasteiger partial charge >= 0.3 is 0 Å². The van der Waals surface area contributed by atoms with Gasteiger partial charge in [0, 0.05) is 11.1 Å². The van der Waals surface area contributed by atoms with E-state index in [-0.39, 0.29) is 11.8 Å². The second-order valence-electron chi connectivity index (χ2n) is 6.08. The fourth-order valence-electron chi connectivity index (χ4n) is 3.44. The van der Waals surface area contributed by atoms with Crippen molar-refractivity contribution in [2.45, 2.75) is 44.1 Å². The minimum atomic E-state index is -0.530. The SMILES string of the molecule is NC(=O)c1ccc(C(=O)N2NC(=O)CC23CCCCC3)cc1. The molecule has 1 aliphatic carbocycles. The van der Waals surface area contributed by atoms with Crippen molar-refractivity contribution in [2.75, 3.05) is 0 Å². The van der Waals surface area contributed by atoms with E-state index in [9.17, 15) is 14.4 Å². The normalized spacial score (nSPS) is 20.0. The Hall–Kier alpha value is -2.37. The van der Waals surface area contributed by atoms with Crippen molar-refractivity contribution >= 4 is 17.7 Å². The van der Waals surface area contributed by atoms with Gasteiger partial charge in [0.1, 0.15) is 0 Å². The molecule has 1 aromatic carbocycles. The summed E-state index contributed by atoms with van der Waals surface area (Å²) in [6.07, 6.45) is 5.26. The molecule has 2 fully saturated rings. The minimum Gasteiger partial charge on any atom is -0.366 e. The van der Waals surface area contributed by atoms with Crippen molar-refractivity contribution in [3.63, 3.8) is 0 Å². The van der Waals surface area contributed by atoms with Gasteiger partial charge in [0.15, 0.2) is 0 Å². The van der Waals surface area contributed by atoms with Gasteiger partial charge < -0.3 is 5.73 Å². The Balaban J connectivity index is 1.86. The molecule has 0 aromatic heterocycles. The van der Waals surface area contributed by atoms with Gasteiger partial charge in [-0.05, 0) is 37.1 Å². The lowest BCUT2D eigenvalue weighted by atomic mass is 9.79. The summed E-state index contributed by atoms with van der Waals surface area (Å²) in [4.78, 5) is 35.7. The molecule has 3 amide bonds. The second kappa shape index (κ2) is 5.44. The molecule has 0 bridgehead atoms. The summed E-state index contributed by atoms with van der Waals surface area (Å²) in [5.74, 6) is -0.870. The van der Waals surface area contributed by atoms with Gasteiger partial charge in [-0.25, -0.2) is 5.01 Å². The Morgan fingerprint density at radius 1 is 1.05 bits per heavy atom. The number of nitrogens with two attached hydrogens (primary N) is 1. The van der Waals surface area contributed by atoms with Crippen LogP contribution < -0.4 is 11.2 Å². The zero-order valence-corrected chi connectivity index (χ0v) is 12.3. The highest BCUT2D eigenvalue weighted by Gasteiger charge is 2.48. The smallest absolute Gasteiger partial charge is 0.272 e. The number of rotatable bonds is 2.